The van der Waals surface area contributed by atoms with E-state index in [2.05, 4.69) is 63.8 Å². The van der Waals surface area contributed by atoms with Gasteiger partial charge in [-0.05, 0) is 62.3 Å². The molecule has 2 amide bonds. The summed E-state index contributed by atoms with van der Waals surface area (Å²) in [6.45, 7) is 5.23. The third-order valence-corrected chi connectivity index (χ3v) is 5.48. The molecule has 0 aliphatic carbocycles. The summed E-state index contributed by atoms with van der Waals surface area (Å²) >= 11 is 0. The number of hydrogen-bond donors (Lipinski definition) is 2. The number of urea groups is 1. The van der Waals surface area contributed by atoms with Gasteiger partial charge in [0.2, 0.25) is 0 Å². The number of rotatable bonds is 8. The second kappa shape index (κ2) is 10.8. The van der Waals surface area contributed by atoms with Crippen LogP contribution in [0.15, 0.2) is 54.9 Å². The number of pyridine rings is 1. The number of nitrogens with one attached hydrogen (secondary N) is 2. The van der Waals surface area contributed by atoms with Crippen LogP contribution < -0.4 is 10.6 Å². The number of nitrogens with zero attached hydrogens (tertiary/aromatic N) is 2. The van der Waals surface area contributed by atoms with Crippen LogP contribution in [0.25, 0.3) is 0 Å². The third-order valence-electron chi connectivity index (χ3n) is 5.48. The molecule has 2 heterocycles. The first-order valence-corrected chi connectivity index (χ1v) is 10.4. The fourth-order valence-corrected chi connectivity index (χ4v) is 3.69. The van der Waals surface area contributed by atoms with Gasteiger partial charge in [0.15, 0.2) is 0 Å². The van der Waals surface area contributed by atoms with Crippen LogP contribution in [0.1, 0.15) is 37.3 Å². The highest BCUT2D eigenvalue weighted by atomic mass is 16.2. The van der Waals surface area contributed by atoms with Gasteiger partial charge in [0.1, 0.15) is 0 Å². The third kappa shape index (κ3) is 6.97. The maximum Gasteiger partial charge on any atom is 0.315 e. The lowest BCUT2D eigenvalue weighted by molar-refractivity contribution is 0.192. The van der Waals surface area contributed by atoms with Crippen LogP contribution in [-0.2, 0) is 12.8 Å². The fraction of sp³-hybridized carbons (Fsp3) is 0.478. The van der Waals surface area contributed by atoms with Gasteiger partial charge in [-0.25, -0.2) is 4.79 Å². The summed E-state index contributed by atoms with van der Waals surface area (Å²) in [7, 11) is 0. The largest absolute Gasteiger partial charge is 0.336 e. The average Bonchev–Trinajstić information content (AvgIpc) is 2.73. The molecular weight excluding hydrogens is 348 g/mol. The lowest BCUT2D eigenvalue weighted by Gasteiger charge is -2.32. The van der Waals surface area contributed by atoms with Crippen molar-refractivity contribution in [3.05, 3.63) is 66.0 Å². The first kappa shape index (κ1) is 20.3. The summed E-state index contributed by atoms with van der Waals surface area (Å²) in [4.78, 5) is 18.8. The van der Waals surface area contributed by atoms with Crippen LogP contribution in [0.4, 0.5) is 4.79 Å². The van der Waals surface area contributed by atoms with E-state index in [1.807, 2.05) is 18.5 Å². The van der Waals surface area contributed by atoms with Crippen LogP contribution in [0.2, 0.25) is 0 Å². The van der Waals surface area contributed by atoms with Gasteiger partial charge in [-0.15, -0.1) is 0 Å². The molecule has 1 aliphatic heterocycles. The van der Waals surface area contributed by atoms with Crippen molar-refractivity contribution >= 4 is 6.03 Å². The van der Waals surface area contributed by atoms with E-state index in [1.165, 1.54) is 11.1 Å². The van der Waals surface area contributed by atoms with Gasteiger partial charge in [0.25, 0.3) is 0 Å². The number of aryl methyl sites for hydroxylation is 1. The number of aromatic nitrogens is 1. The van der Waals surface area contributed by atoms with E-state index in [1.54, 1.807) is 0 Å². The summed E-state index contributed by atoms with van der Waals surface area (Å²) < 4.78 is 0. The van der Waals surface area contributed by atoms with Gasteiger partial charge in [0, 0.05) is 44.1 Å². The zero-order valence-electron chi connectivity index (χ0n) is 16.8. The molecule has 0 radical (unpaired) electrons. The van der Waals surface area contributed by atoms with Crippen LogP contribution in [0, 0.1) is 0 Å². The van der Waals surface area contributed by atoms with Crippen LogP contribution in [0.5, 0.6) is 0 Å². The van der Waals surface area contributed by atoms with E-state index in [4.69, 9.17) is 0 Å². The number of amides is 2. The van der Waals surface area contributed by atoms with Crippen molar-refractivity contribution in [2.45, 2.75) is 51.1 Å². The van der Waals surface area contributed by atoms with Crippen LogP contribution >= 0.6 is 0 Å². The van der Waals surface area contributed by atoms with E-state index in [0.29, 0.717) is 0 Å². The van der Waals surface area contributed by atoms with Crippen molar-refractivity contribution in [3.63, 3.8) is 0 Å². The van der Waals surface area contributed by atoms with Gasteiger partial charge in [-0.3, -0.25) is 4.98 Å². The maximum absolute atomic E-state index is 12.3. The molecule has 3 rings (SSSR count). The Morgan fingerprint density at radius 1 is 1.07 bits per heavy atom. The first-order valence-electron chi connectivity index (χ1n) is 10.4. The van der Waals surface area contributed by atoms with Crippen molar-refractivity contribution < 1.29 is 4.79 Å². The van der Waals surface area contributed by atoms with E-state index in [-0.39, 0.29) is 18.1 Å². The summed E-state index contributed by atoms with van der Waals surface area (Å²) in [6.07, 6.45) is 8.73. The topological polar surface area (TPSA) is 57.3 Å². The Labute approximate surface area is 168 Å². The van der Waals surface area contributed by atoms with Crippen molar-refractivity contribution in [1.29, 1.82) is 0 Å². The Bertz CT molecular complexity index is 699. The van der Waals surface area contributed by atoms with Crippen LogP contribution in [-0.4, -0.2) is 47.6 Å². The summed E-state index contributed by atoms with van der Waals surface area (Å²) in [6, 6.07) is 15.0. The lowest BCUT2D eigenvalue weighted by Crippen LogP contribution is -2.49. The Morgan fingerprint density at radius 3 is 2.46 bits per heavy atom. The highest BCUT2D eigenvalue weighted by Gasteiger charge is 2.20. The van der Waals surface area contributed by atoms with Crippen LogP contribution in [0.3, 0.4) is 0 Å². The molecule has 1 aromatic heterocycles. The van der Waals surface area contributed by atoms with Gasteiger partial charge in [-0.1, -0.05) is 30.3 Å². The first-order chi connectivity index (χ1) is 13.7. The zero-order valence-corrected chi connectivity index (χ0v) is 16.8. The van der Waals surface area contributed by atoms with Crippen molar-refractivity contribution in [2.24, 2.45) is 0 Å². The van der Waals surface area contributed by atoms with Gasteiger partial charge < -0.3 is 15.5 Å². The standard InChI is InChI=1S/C23H32N4O/c1-19(7-8-20-5-3-2-4-6-20)25-23(28)26-22-12-17-27(18-13-22)16-11-21-9-14-24-15-10-21/h2-6,9-10,14-15,19,22H,7-8,11-13,16-18H2,1H3,(H2,25,26,28). The highest BCUT2D eigenvalue weighted by Crippen LogP contribution is 2.11. The normalized spacial score (nSPS) is 16.5. The summed E-state index contributed by atoms with van der Waals surface area (Å²) in [5.74, 6) is 0. The van der Waals surface area contributed by atoms with Crippen molar-refractivity contribution in [2.75, 3.05) is 19.6 Å². The summed E-state index contributed by atoms with van der Waals surface area (Å²) in [5, 5.41) is 6.24. The molecular formula is C23H32N4O. The SMILES string of the molecule is CC(CCc1ccccc1)NC(=O)NC1CCN(CCc2ccncc2)CC1. The van der Waals surface area contributed by atoms with E-state index in [9.17, 15) is 4.79 Å². The molecule has 1 aromatic carbocycles. The minimum Gasteiger partial charge on any atom is -0.336 e. The maximum atomic E-state index is 12.3. The molecule has 0 saturated carbocycles. The second-order valence-electron chi connectivity index (χ2n) is 7.76. The molecule has 1 unspecified atom stereocenters. The van der Waals surface area contributed by atoms with E-state index < -0.39 is 0 Å². The Kier molecular flexibility index (Phi) is 7.85. The molecule has 1 saturated heterocycles. The molecule has 1 fully saturated rings. The number of carbonyl (C=O) groups excluding carboxylic acids is 1. The monoisotopic (exact) mass is 380 g/mol. The molecule has 1 atom stereocenters. The second-order valence-corrected chi connectivity index (χ2v) is 7.76. The predicted molar refractivity (Wildman–Crippen MR) is 113 cm³/mol. The quantitative estimate of drug-likeness (QED) is 0.738. The Balaban J connectivity index is 1.30. The average molecular weight is 381 g/mol. The molecule has 0 bridgehead atoms. The minimum absolute atomic E-state index is 0.0317. The smallest absolute Gasteiger partial charge is 0.315 e. The van der Waals surface area contributed by atoms with Gasteiger partial charge in [0.05, 0.1) is 0 Å². The van der Waals surface area contributed by atoms with Crippen molar-refractivity contribution in [1.82, 2.24) is 20.5 Å². The Morgan fingerprint density at radius 2 is 1.75 bits per heavy atom. The molecule has 2 aromatic rings. The molecule has 0 spiro atoms. The summed E-state index contributed by atoms with van der Waals surface area (Å²) in [5.41, 5.74) is 2.65. The number of likely N-dealkylation sites (tertiary alicyclic amines) is 1. The number of benzene rings is 1. The molecule has 5 nitrogen and oxygen atoms in total. The molecule has 150 valence electrons. The van der Waals surface area contributed by atoms with Gasteiger partial charge in [-0.2, -0.15) is 0 Å². The van der Waals surface area contributed by atoms with E-state index in [0.717, 1.165) is 51.7 Å². The predicted octanol–water partition coefficient (Wildman–Crippen LogP) is 3.41. The Hall–Kier alpha value is -2.40. The van der Waals surface area contributed by atoms with Gasteiger partial charge >= 0.3 is 6.03 Å². The number of piperidine rings is 1. The number of hydrogen-bond acceptors (Lipinski definition) is 3. The molecule has 5 heteroatoms. The molecule has 2 N–H and O–H groups in total. The molecule has 28 heavy (non-hydrogen) atoms. The highest BCUT2D eigenvalue weighted by molar-refractivity contribution is 5.74. The molecule has 1 aliphatic rings. The fourth-order valence-electron chi connectivity index (χ4n) is 3.69. The van der Waals surface area contributed by atoms with E-state index >= 15 is 0 Å². The minimum atomic E-state index is -0.0317. The van der Waals surface area contributed by atoms with Crippen molar-refractivity contribution in [3.8, 4) is 0 Å². The lowest BCUT2D eigenvalue weighted by atomic mass is 10.0. The number of carbonyl (C=O) groups is 1. The zero-order chi connectivity index (χ0) is 19.6.